The van der Waals surface area contributed by atoms with E-state index >= 15 is 0 Å². The minimum absolute atomic E-state index is 0.00931. The molecule has 0 saturated heterocycles. The summed E-state index contributed by atoms with van der Waals surface area (Å²) in [6.07, 6.45) is 0. The first kappa shape index (κ1) is 11.3. The van der Waals surface area contributed by atoms with Crippen molar-refractivity contribution in [3.8, 4) is 0 Å². The van der Waals surface area contributed by atoms with Gasteiger partial charge in [-0.3, -0.25) is 0 Å². The van der Waals surface area contributed by atoms with E-state index in [1.165, 1.54) is 0 Å². The Balaban J connectivity index is 3.72. The van der Waals surface area contributed by atoms with Crippen molar-refractivity contribution in [2.45, 2.75) is 13.8 Å². The maximum Gasteiger partial charge on any atom is 0.130 e. The molecule has 0 amide bonds. The highest BCUT2D eigenvalue weighted by Crippen LogP contribution is 2.05. The van der Waals surface area contributed by atoms with Crippen molar-refractivity contribution in [3.63, 3.8) is 0 Å². The normalized spacial score (nSPS) is 12.3. The summed E-state index contributed by atoms with van der Waals surface area (Å²) in [5.41, 5.74) is 0. The van der Waals surface area contributed by atoms with Crippen LogP contribution in [-0.2, 0) is 9.47 Å². The van der Waals surface area contributed by atoms with Crippen LogP contribution in [0.4, 0.5) is 0 Å². The zero-order chi connectivity index (χ0) is 9.40. The van der Waals surface area contributed by atoms with Crippen LogP contribution < -0.4 is 0 Å². The lowest BCUT2D eigenvalue weighted by Gasteiger charge is -2.09. The van der Waals surface area contributed by atoms with Gasteiger partial charge in [0.15, 0.2) is 0 Å². The topological polar surface area (TPSA) is 58.9 Å². The van der Waals surface area contributed by atoms with Crippen LogP contribution in [0, 0.1) is 0 Å². The van der Waals surface area contributed by atoms with Gasteiger partial charge in [0, 0.05) is 0 Å². The second kappa shape index (κ2) is 6.94. The first-order chi connectivity index (χ1) is 5.72. The van der Waals surface area contributed by atoms with E-state index in [-0.39, 0.29) is 26.4 Å². The zero-order valence-corrected chi connectivity index (χ0v) is 7.54. The zero-order valence-electron chi connectivity index (χ0n) is 7.54. The van der Waals surface area contributed by atoms with E-state index in [2.05, 4.69) is 0 Å². The molecule has 0 aromatic carbocycles. The predicted molar refractivity (Wildman–Crippen MR) is 44.4 cm³/mol. The van der Waals surface area contributed by atoms with Gasteiger partial charge in [-0.1, -0.05) is 0 Å². The van der Waals surface area contributed by atoms with Crippen molar-refractivity contribution in [1.82, 2.24) is 0 Å². The molecule has 4 heteroatoms. The van der Waals surface area contributed by atoms with Gasteiger partial charge in [0.2, 0.25) is 0 Å². The number of rotatable bonds is 6. The molecule has 0 spiro atoms. The van der Waals surface area contributed by atoms with Gasteiger partial charge in [-0.15, -0.1) is 0 Å². The molecular formula is C8H16O4. The standard InChI is InChI=1S/C8H16O4/c1-7(11-5-3-9)8(2)12-6-4-10/h9-10H,3-6H2,1-2H3. The predicted octanol–water partition coefficient (Wildman–Crippen LogP) is 0.256. The number of aliphatic hydroxyl groups excluding tert-OH is 2. The van der Waals surface area contributed by atoms with Crippen LogP contribution in [0.1, 0.15) is 13.8 Å². The van der Waals surface area contributed by atoms with Crippen LogP contribution in [0.2, 0.25) is 0 Å². The monoisotopic (exact) mass is 176 g/mol. The summed E-state index contributed by atoms with van der Waals surface area (Å²) in [6, 6.07) is 0. The molecule has 0 unspecified atom stereocenters. The first-order valence-electron chi connectivity index (χ1n) is 3.87. The van der Waals surface area contributed by atoms with Gasteiger partial charge in [0.05, 0.1) is 13.2 Å². The van der Waals surface area contributed by atoms with Gasteiger partial charge < -0.3 is 19.7 Å². The van der Waals surface area contributed by atoms with Crippen molar-refractivity contribution >= 4 is 0 Å². The van der Waals surface area contributed by atoms with E-state index < -0.39 is 0 Å². The van der Waals surface area contributed by atoms with E-state index in [9.17, 15) is 0 Å². The first-order valence-corrected chi connectivity index (χ1v) is 3.87. The Kier molecular flexibility index (Phi) is 6.51. The Morgan fingerprint density at radius 3 is 1.50 bits per heavy atom. The highest BCUT2D eigenvalue weighted by molar-refractivity contribution is 4.94. The van der Waals surface area contributed by atoms with Gasteiger partial charge in [0.1, 0.15) is 24.7 Å². The van der Waals surface area contributed by atoms with Gasteiger partial charge in [-0.05, 0) is 13.8 Å². The molecule has 0 aliphatic heterocycles. The van der Waals surface area contributed by atoms with E-state index in [0.717, 1.165) is 0 Å². The molecule has 0 bridgehead atoms. The molecule has 2 N–H and O–H groups in total. The third-order valence-electron chi connectivity index (χ3n) is 1.32. The van der Waals surface area contributed by atoms with E-state index in [1.807, 2.05) is 0 Å². The fraction of sp³-hybridized carbons (Fsp3) is 0.750. The Labute approximate surface area is 72.4 Å². The third-order valence-corrected chi connectivity index (χ3v) is 1.32. The number of allylic oxidation sites excluding steroid dienone is 2. The summed E-state index contributed by atoms with van der Waals surface area (Å²) in [7, 11) is 0. The lowest BCUT2D eigenvalue weighted by Crippen LogP contribution is -2.03. The molecule has 0 heterocycles. The lowest BCUT2D eigenvalue weighted by atomic mass is 10.4. The molecule has 0 saturated carbocycles. The minimum atomic E-state index is -0.00931. The fourth-order valence-corrected chi connectivity index (χ4v) is 0.601. The van der Waals surface area contributed by atoms with Gasteiger partial charge in [-0.25, -0.2) is 0 Å². The largest absolute Gasteiger partial charge is 0.492 e. The molecule has 0 atom stereocenters. The molecular weight excluding hydrogens is 160 g/mol. The summed E-state index contributed by atoms with van der Waals surface area (Å²) in [5, 5.41) is 16.9. The number of hydrogen-bond donors (Lipinski definition) is 2. The quantitative estimate of drug-likeness (QED) is 0.570. The Bertz CT molecular complexity index is 126. The fourth-order valence-electron chi connectivity index (χ4n) is 0.601. The highest BCUT2D eigenvalue weighted by Gasteiger charge is 1.97. The number of aliphatic hydroxyl groups is 2. The van der Waals surface area contributed by atoms with Gasteiger partial charge >= 0.3 is 0 Å². The van der Waals surface area contributed by atoms with Crippen LogP contribution >= 0.6 is 0 Å². The average molecular weight is 176 g/mol. The van der Waals surface area contributed by atoms with E-state index in [0.29, 0.717) is 11.5 Å². The van der Waals surface area contributed by atoms with Crippen LogP contribution in [0.3, 0.4) is 0 Å². The maximum absolute atomic E-state index is 8.44. The van der Waals surface area contributed by atoms with Crippen molar-refractivity contribution < 1.29 is 19.7 Å². The highest BCUT2D eigenvalue weighted by atomic mass is 16.5. The molecule has 4 nitrogen and oxygen atoms in total. The van der Waals surface area contributed by atoms with Crippen molar-refractivity contribution in [2.24, 2.45) is 0 Å². The number of ether oxygens (including phenoxy) is 2. The van der Waals surface area contributed by atoms with Crippen LogP contribution in [0.5, 0.6) is 0 Å². The van der Waals surface area contributed by atoms with Crippen LogP contribution in [0.15, 0.2) is 11.5 Å². The summed E-state index contributed by atoms with van der Waals surface area (Å²) in [5.74, 6) is 1.27. The summed E-state index contributed by atoms with van der Waals surface area (Å²) < 4.78 is 10.1. The van der Waals surface area contributed by atoms with Crippen molar-refractivity contribution in [1.29, 1.82) is 0 Å². The smallest absolute Gasteiger partial charge is 0.130 e. The maximum atomic E-state index is 8.44. The summed E-state index contributed by atoms with van der Waals surface area (Å²) in [6.45, 7) is 4.03. The molecule has 0 aliphatic rings. The Morgan fingerprint density at radius 2 is 1.25 bits per heavy atom. The molecule has 72 valence electrons. The Hall–Kier alpha value is -0.740. The second-order valence-electron chi connectivity index (χ2n) is 2.26. The van der Waals surface area contributed by atoms with Crippen molar-refractivity contribution in [3.05, 3.63) is 11.5 Å². The lowest BCUT2D eigenvalue weighted by molar-refractivity contribution is 0.107. The second-order valence-corrected chi connectivity index (χ2v) is 2.26. The Morgan fingerprint density at radius 1 is 0.917 bits per heavy atom. The summed E-state index contributed by atoms with van der Waals surface area (Å²) in [4.78, 5) is 0. The van der Waals surface area contributed by atoms with Crippen LogP contribution in [-0.4, -0.2) is 36.6 Å². The van der Waals surface area contributed by atoms with E-state index in [1.54, 1.807) is 13.8 Å². The SMILES string of the molecule is CC(OCCO)=C(C)OCCO. The number of hydrogen-bond acceptors (Lipinski definition) is 4. The minimum Gasteiger partial charge on any atom is -0.492 e. The van der Waals surface area contributed by atoms with Gasteiger partial charge in [-0.2, -0.15) is 0 Å². The average Bonchev–Trinajstić information content (AvgIpc) is 2.10. The summed E-state index contributed by atoms with van der Waals surface area (Å²) >= 11 is 0. The molecule has 0 rings (SSSR count). The molecule has 12 heavy (non-hydrogen) atoms. The molecule has 0 aliphatic carbocycles. The molecule has 0 aromatic heterocycles. The molecule has 0 fully saturated rings. The third kappa shape index (κ3) is 4.98. The van der Waals surface area contributed by atoms with Crippen LogP contribution in [0.25, 0.3) is 0 Å². The van der Waals surface area contributed by atoms with Gasteiger partial charge in [0.25, 0.3) is 0 Å². The van der Waals surface area contributed by atoms with Crippen molar-refractivity contribution in [2.75, 3.05) is 26.4 Å². The molecule has 0 aromatic rings. The van der Waals surface area contributed by atoms with E-state index in [4.69, 9.17) is 19.7 Å². The molecule has 0 radical (unpaired) electrons.